The summed E-state index contributed by atoms with van der Waals surface area (Å²) in [5, 5.41) is 0. The molecule has 3 aromatic carbocycles. The monoisotopic (exact) mass is 616 g/mol. The van der Waals surface area contributed by atoms with E-state index in [1.54, 1.807) is 43.7 Å². The summed E-state index contributed by atoms with van der Waals surface area (Å²) < 4.78 is 41.1. The molecule has 0 saturated carbocycles. The Morgan fingerprint density at radius 3 is 2.43 bits per heavy atom. The molecule has 0 aliphatic carbocycles. The Bertz CT molecular complexity index is 1560. The van der Waals surface area contributed by atoms with Gasteiger partial charge in [-0.05, 0) is 84.5 Å². The van der Waals surface area contributed by atoms with Gasteiger partial charge in [-0.1, -0.05) is 50.6 Å². The second-order valence-corrected chi connectivity index (χ2v) is 12.2. The van der Waals surface area contributed by atoms with Crippen LogP contribution in [0.5, 0.6) is 5.75 Å². The van der Waals surface area contributed by atoms with Crippen LogP contribution in [0.1, 0.15) is 56.9 Å². The largest absolute Gasteiger partial charge is 0.491 e. The SMILES string of the molecule is CCCCOCCOc1ccc(-c2ccc(F)c(C(C)=CC(=O)Cc3ccc(S(=O)Cc4cncn4CCC)cc3)c2)cc1. The summed E-state index contributed by atoms with van der Waals surface area (Å²) in [5.41, 5.74) is 4.44. The van der Waals surface area contributed by atoms with Crippen LogP contribution in [0.3, 0.4) is 0 Å². The van der Waals surface area contributed by atoms with E-state index in [0.29, 0.717) is 35.0 Å². The fourth-order valence-electron chi connectivity index (χ4n) is 4.78. The molecule has 0 saturated heterocycles. The molecule has 0 aliphatic heterocycles. The Morgan fingerprint density at radius 1 is 0.955 bits per heavy atom. The van der Waals surface area contributed by atoms with E-state index in [9.17, 15) is 13.4 Å². The molecule has 1 aromatic heterocycles. The van der Waals surface area contributed by atoms with Gasteiger partial charge >= 0.3 is 0 Å². The lowest BCUT2D eigenvalue weighted by atomic mass is 9.97. The van der Waals surface area contributed by atoms with Crippen LogP contribution in [0.2, 0.25) is 0 Å². The number of allylic oxidation sites excluding steroid dienone is 2. The zero-order valence-electron chi connectivity index (χ0n) is 25.8. The number of benzene rings is 3. The summed E-state index contributed by atoms with van der Waals surface area (Å²) >= 11 is 0. The van der Waals surface area contributed by atoms with Gasteiger partial charge in [0.05, 0.1) is 35.2 Å². The molecule has 0 amide bonds. The van der Waals surface area contributed by atoms with Gasteiger partial charge in [0.1, 0.15) is 18.2 Å². The van der Waals surface area contributed by atoms with E-state index < -0.39 is 10.8 Å². The molecule has 0 aliphatic rings. The molecular weight excluding hydrogens is 575 g/mol. The molecular formula is C36H41FN2O4S. The number of carbonyl (C=O) groups excluding carboxylic acids is 1. The van der Waals surface area contributed by atoms with Gasteiger partial charge in [-0.25, -0.2) is 9.37 Å². The van der Waals surface area contributed by atoms with Crippen LogP contribution < -0.4 is 4.74 Å². The molecule has 4 rings (SSSR count). The molecule has 232 valence electrons. The number of aryl methyl sites for hydroxylation is 1. The number of ketones is 1. The Balaban J connectivity index is 1.35. The van der Waals surface area contributed by atoms with Crippen LogP contribution in [0.4, 0.5) is 4.39 Å². The van der Waals surface area contributed by atoms with Gasteiger partial charge in [0.25, 0.3) is 0 Å². The number of carbonyl (C=O) groups is 1. The van der Waals surface area contributed by atoms with E-state index in [1.807, 2.05) is 41.0 Å². The van der Waals surface area contributed by atoms with E-state index in [2.05, 4.69) is 18.8 Å². The van der Waals surface area contributed by atoms with Crippen molar-refractivity contribution in [3.05, 3.63) is 108 Å². The van der Waals surface area contributed by atoms with Gasteiger partial charge in [-0.15, -0.1) is 0 Å². The Labute approximate surface area is 262 Å². The zero-order valence-corrected chi connectivity index (χ0v) is 26.6. The number of ether oxygens (including phenoxy) is 2. The summed E-state index contributed by atoms with van der Waals surface area (Å²) in [5.74, 6) is 0.614. The third kappa shape index (κ3) is 9.56. The van der Waals surface area contributed by atoms with Crippen molar-refractivity contribution in [2.45, 2.75) is 63.6 Å². The Hall–Kier alpha value is -3.88. The summed E-state index contributed by atoms with van der Waals surface area (Å²) in [4.78, 5) is 17.8. The lowest BCUT2D eigenvalue weighted by Gasteiger charge is -2.10. The van der Waals surface area contributed by atoms with Gasteiger partial charge in [0, 0.05) is 36.2 Å². The maximum atomic E-state index is 14.8. The third-order valence-corrected chi connectivity index (χ3v) is 8.56. The highest BCUT2D eigenvalue weighted by Gasteiger charge is 2.12. The molecule has 4 aromatic rings. The van der Waals surface area contributed by atoms with Crippen LogP contribution in [0, 0.1) is 5.82 Å². The Morgan fingerprint density at radius 2 is 1.70 bits per heavy atom. The highest BCUT2D eigenvalue weighted by atomic mass is 32.2. The van der Waals surface area contributed by atoms with E-state index in [0.717, 1.165) is 60.5 Å². The predicted octanol–water partition coefficient (Wildman–Crippen LogP) is 7.82. The van der Waals surface area contributed by atoms with Gasteiger partial charge in [-0.3, -0.25) is 9.00 Å². The zero-order chi connectivity index (χ0) is 31.3. The first kappa shape index (κ1) is 33.0. The minimum Gasteiger partial charge on any atom is -0.491 e. The molecule has 1 heterocycles. The van der Waals surface area contributed by atoms with Crippen molar-refractivity contribution in [2.75, 3.05) is 19.8 Å². The second-order valence-electron chi connectivity index (χ2n) is 10.7. The van der Waals surface area contributed by atoms with Gasteiger partial charge < -0.3 is 14.0 Å². The van der Waals surface area contributed by atoms with Crippen molar-refractivity contribution < 1.29 is 22.9 Å². The maximum Gasteiger partial charge on any atom is 0.160 e. The highest BCUT2D eigenvalue weighted by Crippen LogP contribution is 2.28. The molecule has 0 radical (unpaired) electrons. The quantitative estimate of drug-likeness (QED) is 0.0894. The van der Waals surface area contributed by atoms with Crippen molar-refractivity contribution in [1.82, 2.24) is 9.55 Å². The molecule has 6 nitrogen and oxygen atoms in total. The number of imidazole rings is 1. The number of hydrogen-bond acceptors (Lipinski definition) is 5. The number of rotatable bonds is 17. The van der Waals surface area contributed by atoms with Crippen LogP contribution in [0.25, 0.3) is 16.7 Å². The maximum absolute atomic E-state index is 14.8. The normalized spacial score (nSPS) is 12.3. The fraction of sp³-hybridized carbons (Fsp3) is 0.333. The Kier molecular flexibility index (Phi) is 12.6. The second kappa shape index (κ2) is 16.8. The third-order valence-electron chi connectivity index (χ3n) is 7.20. The van der Waals surface area contributed by atoms with Crippen molar-refractivity contribution in [3.63, 3.8) is 0 Å². The molecule has 0 spiro atoms. The first-order chi connectivity index (χ1) is 21.4. The van der Waals surface area contributed by atoms with Crippen LogP contribution in [-0.4, -0.2) is 39.4 Å². The van der Waals surface area contributed by atoms with Crippen molar-refractivity contribution >= 4 is 22.2 Å². The highest BCUT2D eigenvalue weighted by molar-refractivity contribution is 7.84. The molecule has 8 heteroatoms. The lowest BCUT2D eigenvalue weighted by Crippen LogP contribution is -2.07. The molecule has 1 atom stereocenters. The van der Waals surface area contributed by atoms with Gasteiger partial charge in [0.15, 0.2) is 5.78 Å². The molecule has 1 unspecified atom stereocenters. The predicted molar refractivity (Wildman–Crippen MR) is 174 cm³/mol. The van der Waals surface area contributed by atoms with Crippen molar-refractivity contribution in [1.29, 1.82) is 0 Å². The summed E-state index contributed by atoms with van der Waals surface area (Å²) in [7, 11) is -1.22. The number of aromatic nitrogens is 2. The number of hydrogen-bond donors (Lipinski definition) is 0. The first-order valence-electron chi connectivity index (χ1n) is 15.2. The van der Waals surface area contributed by atoms with Crippen molar-refractivity contribution in [3.8, 4) is 16.9 Å². The van der Waals surface area contributed by atoms with Gasteiger partial charge in [-0.2, -0.15) is 0 Å². The minimum absolute atomic E-state index is 0.134. The number of nitrogens with zero attached hydrogens (tertiary/aromatic N) is 2. The van der Waals surface area contributed by atoms with E-state index in [1.165, 1.54) is 12.1 Å². The lowest BCUT2D eigenvalue weighted by molar-refractivity contribution is -0.113. The topological polar surface area (TPSA) is 70.4 Å². The summed E-state index contributed by atoms with van der Waals surface area (Å²) in [6, 6.07) is 19.8. The molecule has 0 fully saturated rings. The molecule has 44 heavy (non-hydrogen) atoms. The van der Waals surface area contributed by atoms with Crippen LogP contribution in [-0.2, 0) is 39.0 Å². The van der Waals surface area contributed by atoms with E-state index >= 15 is 0 Å². The molecule has 0 N–H and O–H groups in total. The fourth-order valence-corrected chi connectivity index (χ4v) is 5.89. The van der Waals surface area contributed by atoms with Crippen molar-refractivity contribution in [2.24, 2.45) is 0 Å². The smallest absolute Gasteiger partial charge is 0.160 e. The summed E-state index contributed by atoms with van der Waals surface area (Å²) in [6.07, 6.45) is 8.31. The van der Waals surface area contributed by atoms with Crippen LogP contribution in [0.15, 0.2) is 90.2 Å². The average molecular weight is 617 g/mol. The number of halogens is 1. The standard InChI is InChI=1S/C36H41FN2O4S/c1-4-6-18-42-19-20-43-33-12-9-29(10-13-33)30-11-16-36(37)35(23-30)27(3)21-32(40)22-28-7-14-34(15-8-28)44(41)25-31-24-38-26-39(31)17-5-2/h7-16,21,23-24,26H,4-6,17-20,22,25H2,1-3H3. The molecule has 0 bridgehead atoms. The van der Waals surface area contributed by atoms with E-state index in [-0.39, 0.29) is 18.0 Å². The van der Waals surface area contributed by atoms with E-state index in [4.69, 9.17) is 9.47 Å². The van der Waals surface area contributed by atoms with Crippen LogP contribution >= 0.6 is 0 Å². The average Bonchev–Trinajstić information content (AvgIpc) is 3.46. The van der Waals surface area contributed by atoms with Gasteiger partial charge in [0.2, 0.25) is 0 Å². The minimum atomic E-state index is -1.22. The number of unbranched alkanes of at least 4 members (excludes halogenated alkanes) is 1. The first-order valence-corrected chi connectivity index (χ1v) is 16.5. The summed E-state index contributed by atoms with van der Waals surface area (Å²) in [6.45, 7) is 8.58.